The third kappa shape index (κ3) is 11.5. The second-order valence-corrected chi connectivity index (χ2v) is 18.1. The molecule has 23 heteroatoms. The minimum atomic E-state index is -1.46. The highest BCUT2D eigenvalue weighted by Gasteiger charge is 2.49. The van der Waals surface area contributed by atoms with Gasteiger partial charge in [-0.25, -0.2) is 24.2 Å². The Balaban J connectivity index is 0.945. The van der Waals surface area contributed by atoms with E-state index in [2.05, 4.69) is 22.5 Å². The van der Waals surface area contributed by atoms with Gasteiger partial charge in [-0.15, -0.1) is 0 Å². The number of carbonyl (C=O) groups excluding carboxylic acids is 6. The van der Waals surface area contributed by atoms with Gasteiger partial charge in [-0.1, -0.05) is 38.6 Å². The number of hydrogen-bond donors (Lipinski definition) is 6. The summed E-state index contributed by atoms with van der Waals surface area (Å²) < 4.78 is 33.9. The second kappa shape index (κ2) is 23.2. The monoisotopic (exact) mass is 1020 g/mol. The van der Waals surface area contributed by atoms with Crippen LogP contribution in [0.2, 0.25) is 0 Å². The number of ether oxygens (including phenoxy) is 6. The molecule has 4 aliphatic rings. The van der Waals surface area contributed by atoms with Gasteiger partial charge in [0.15, 0.2) is 35.5 Å². The average Bonchev–Trinajstić information content (AvgIpc) is 3.42. The molecule has 3 aromatic rings. The van der Waals surface area contributed by atoms with Gasteiger partial charge in [-0.3, -0.25) is 19.2 Å². The third-order valence-electron chi connectivity index (χ3n) is 13.0. The summed E-state index contributed by atoms with van der Waals surface area (Å²) in [7, 11) is 2.82. The maximum Gasteiger partial charge on any atom is 0.416 e. The molecule has 2 saturated heterocycles. The average molecular weight is 1020 g/mol. The van der Waals surface area contributed by atoms with Crippen LogP contribution in [0.25, 0.3) is 0 Å². The molecule has 0 radical (unpaired) electrons. The van der Waals surface area contributed by atoms with Crippen LogP contribution in [0.4, 0.5) is 31.4 Å². The van der Waals surface area contributed by atoms with Crippen LogP contribution in [0.15, 0.2) is 61.2 Å². The fraction of sp³-hybridized carbons (Fsp3) is 0.460. The van der Waals surface area contributed by atoms with E-state index in [4.69, 9.17) is 28.4 Å². The van der Waals surface area contributed by atoms with Gasteiger partial charge < -0.3 is 69.5 Å². The Bertz CT molecular complexity index is 2590. The first-order valence-electron chi connectivity index (χ1n) is 23.9. The summed E-state index contributed by atoms with van der Waals surface area (Å²) in [6.07, 6.45) is -2.15. The summed E-state index contributed by atoms with van der Waals surface area (Å²) in [5, 5.41) is 40.3. The van der Waals surface area contributed by atoms with Gasteiger partial charge in [0.25, 0.3) is 11.8 Å². The molecule has 0 saturated carbocycles. The van der Waals surface area contributed by atoms with Crippen molar-refractivity contribution in [1.82, 2.24) is 20.4 Å². The summed E-state index contributed by atoms with van der Waals surface area (Å²) in [5.41, 5.74) is 1.12. The fourth-order valence-electron chi connectivity index (χ4n) is 8.79. The molecule has 7 amide bonds. The van der Waals surface area contributed by atoms with Crippen LogP contribution in [-0.2, 0) is 25.7 Å². The molecular weight excluding hydrogens is 955 g/mol. The van der Waals surface area contributed by atoms with Gasteiger partial charge in [-0.2, -0.15) is 0 Å². The number of fused-ring (bicyclic) bond motifs is 4. The van der Waals surface area contributed by atoms with Gasteiger partial charge in [0, 0.05) is 30.9 Å². The minimum Gasteiger partial charge on any atom is -0.493 e. The predicted octanol–water partition coefficient (Wildman–Crippen LogP) is 4.43. The Morgan fingerprint density at radius 3 is 1.74 bits per heavy atom. The molecule has 6 atom stereocenters. The van der Waals surface area contributed by atoms with E-state index in [1.54, 1.807) is 38.1 Å². The van der Waals surface area contributed by atoms with Crippen molar-refractivity contribution < 1.29 is 77.3 Å². The summed E-state index contributed by atoms with van der Waals surface area (Å²) in [6.45, 7) is 9.27. The lowest BCUT2D eigenvalue weighted by Crippen LogP contribution is -2.60. The quantitative estimate of drug-likeness (QED) is 0.0674. The summed E-state index contributed by atoms with van der Waals surface area (Å²) in [5.74, 6) is -1.41. The molecule has 0 bridgehead atoms. The van der Waals surface area contributed by atoms with Gasteiger partial charge in [0.2, 0.25) is 11.8 Å². The molecule has 0 spiro atoms. The van der Waals surface area contributed by atoms with Crippen molar-refractivity contribution in [3.8, 4) is 23.0 Å². The Hall–Kier alpha value is -7.79. The van der Waals surface area contributed by atoms with E-state index in [0.717, 1.165) is 9.80 Å². The van der Waals surface area contributed by atoms with Crippen LogP contribution in [0.3, 0.4) is 0 Å². The number of nitrogens with zero attached hydrogens (tertiary/aromatic N) is 4. The zero-order valence-electron chi connectivity index (χ0n) is 41.2. The summed E-state index contributed by atoms with van der Waals surface area (Å²) >= 11 is 0. The number of carbonyl (C=O) groups is 7. The van der Waals surface area contributed by atoms with Crippen molar-refractivity contribution in [3.63, 3.8) is 0 Å². The number of unbranched alkanes of at least 4 members (excludes halogenated alkanes) is 2. The number of aliphatic hydroxyl groups is 2. The molecule has 4 heterocycles. The number of rotatable bonds is 20. The van der Waals surface area contributed by atoms with Crippen LogP contribution >= 0.6 is 0 Å². The number of amides is 7. The van der Waals surface area contributed by atoms with Crippen molar-refractivity contribution in [2.24, 2.45) is 5.92 Å². The lowest BCUT2D eigenvalue weighted by Gasteiger charge is -2.43. The highest BCUT2D eigenvalue weighted by atomic mass is 16.6. The first-order valence-corrected chi connectivity index (χ1v) is 23.9. The SMILES string of the molecule is C=CCOC(=O)N[C@H](C(=O)N[C@@H](C)C(=O)Nc1ccc(COC(=O)N2c3cc(OCCCCCOc4cc5c(cc4OC)C(=O)N4CC[C@H]4C(O)N5C(=O)O)c(OC)cc3C(=O)N3CC[C@H]3[C@@H]2O)cc1)C(C)C. The Labute approximate surface area is 420 Å². The van der Waals surface area contributed by atoms with Crippen molar-refractivity contribution in [2.75, 3.05) is 62.2 Å². The van der Waals surface area contributed by atoms with E-state index >= 15 is 0 Å². The van der Waals surface area contributed by atoms with E-state index in [9.17, 15) is 48.9 Å². The zero-order chi connectivity index (χ0) is 52.7. The van der Waals surface area contributed by atoms with Crippen molar-refractivity contribution in [1.29, 1.82) is 0 Å². The van der Waals surface area contributed by atoms with Crippen LogP contribution in [0.5, 0.6) is 23.0 Å². The molecule has 73 heavy (non-hydrogen) atoms. The van der Waals surface area contributed by atoms with E-state index in [0.29, 0.717) is 56.4 Å². The molecule has 6 N–H and O–H groups in total. The number of methoxy groups -OCH3 is 2. The molecule has 392 valence electrons. The molecule has 0 aliphatic carbocycles. The number of benzene rings is 3. The molecule has 0 aromatic heterocycles. The molecule has 23 nitrogen and oxygen atoms in total. The summed E-state index contributed by atoms with van der Waals surface area (Å²) in [4.78, 5) is 96.1. The molecule has 1 unspecified atom stereocenters. The maximum absolute atomic E-state index is 13.9. The highest BCUT2D eigenvalue weighted by molar-refractivity contribution is 6.07. The van der Waals surface area contributed by atoms with E-state index in [1.807, 2.05) is 0 Å². The van der Waals surface area contributed by atoms with Gasteiger partial charge in [0.1, 0.15) is 25.3 Å². The number of hydrogen-bond acceptors (Lipinski definition) is 15. The number of anilines is 3. The number of carboxylic acid groups (broad SMARTS) is 1. The zero-order valence-corrected chi connectivity index (χ0v) is 41.2. The van der Waals surface area contributed by atoms with Crippen LogP contribution in [-0.4, -0.2) is 151 Å². The highest BCUT2D eigenvalue weighted by Crippen LogP contribution is 2.43. The molecule has 2 fully saturated rings. The predicted molar refractivity (Wildman–Crippen MR) is 261 cm³/mol. The lowest BCUT2D eigenvalue weighted by molar-refractivity contribution is -0.128. The standard InChI is InChI=1S/C50H61N7O16/c1-7-19-72-48(64)53-41(27(2)3)43(59)51-28(4)42(58)52-30-13-11-29(12-14-30)26-73-50(67)57-36-25-40(38(69-6)23-32(36)45(61)55-18-16-34(55)47(57)63)71-21-10-8-9-20-70-39-24-35-31(22-37(39)68-5)44(60)54-17-15-33(54)46(62)56(35)49(65)66/h7,11-14,22-25,27-28,33-34,41,46-47,62-63H,1,8-10,15-21,26H2,2-6H3,(H,51,59)(H,52,58)(H,53,64)(H,65,66)/t28-,33-,34-,41-,46?,47-/m0/s1. The topological polar surface area (TPSA) is 285 Å². The smallest absolute Gasteiger partial charge is 0.416 e. The van der Waals surface area contributed by atoms with Crippen molar-refractivity contribution >= 4 is 59.0 Å². The van der Waals surface area contributed by atoms with E-state index < -0.39 is 78.5 Å². The van der Waals surface area contributed by atoms with Crippen LogP contribution in [0, 0.1) is 5.92 Å². The van der Waals surface area contributed by atoms with E-state index in [-0.39, 0.29) is 77.8 Å². The Morgan fingerprint density at radius 2 is 1.26 bits per heavy atom. The fourth-order valence-corrected chi connectivity index (χ4v) is 8.79. The Kier molecular flexibility index (Phi) is 16.8. The molecule has 7 rings (SSSR count). The van der Waals surface area contributed by atoms with Crippen LogP contribution < -0.4 is 44.7 Å². The largest absolute Gasteiger partial charge is 0.493 e. The number of nitrogens with one attached hydrogen (secondary N) is 3. The first-order chi connectivity index (χ1) is 35.0. The second-order valence-electron chi connectivity index (χ2n) is 18.1. The van der Waals surface area contributed by atoms with E-state index in [1.165, 1.54) is 61.3 Å². The third-order valence-corrected chi connectivity index (χ3v) is 13.0. The van der Waals surface area contributed by atoms with Gasteiger partial charge in [-0.05, 0) is 74.8 Å². The first kappa shape index (κ1) is 53.0. The molecule has 3 aromatic carbocycles. The molecule has 4 aliphatic heterocycles. The van der Waals surface area contributed by atoms with Crippen molar-refractivity contribution in [2.45, 2.75) is 96.1 Å². The van der Waals surface area contributed by atoms with Gasteiger partial charge in [0.05, 0.1) is 62.0 Å². The number of alkyl carbamates (subject to hydrolysis) is 1. The summed E-state index contributed by atoms with van der Waals surface area (Å²) in [6, 6.07) is 8.80. The minimum absolute atomic E-state index is 0.00564. The Morgan fingerprint density at radius 1 is 0.726 bits per heavy atom. The maximum atomic E-state index is 13.9. The normalized spacial score (nSPS) is 19.4. The lowest BCUT2D eigenvalue weighted by atomic mass is 10.0. The van der Waals surface area contributed by atoms with Crippen molar-refractivity contribution in [3.05, 3.63) is 77.9 Å². The van der Waals surface area contributed by atoms with Crippen LogP contribution in [0.1, 0.15) is 79.2 Å². The van der Waals surface area contributed by atoms with Gasteiger partial charge >= 0.3 is 18.3 Å². The number of aliphatic hydroxyl groups excluding tert-OH is 2. The molecular formula is C50H61N7O16.